The molecular weight excluding hydrogens is 492 g/mol. The Kier molecular flexibility index (Phi) is 7.11. The largest absolute Gasteiger partial charge is 0.418 e. The fourth-order valence-corrected chi connectivity index (χ4v) is 4.94. The van der Waals surface area contributed by atoms with E-state index in [1.54, 1.807) is 18.3 Å². The number of rotatable bonds is 8. The molecule has 1 aromatic heterocycles. The third-order valence-corrected chi connectivity index (χ3v) is 8.12. The minimum Gasteiger partial charge on any atom is -0.418 e. The molecule has 1 fully saturated rings. The second-order valence-corrected chi connectivity index (χ2v) is 11.2. The number of nitrogens with zero attached hydrogens (tertiary/aromatic N) is 4. The Morgan fingerprint density at radius 2 is 1.84 bits per heavy atom. The minimum atomic E-state index is -3.55. The molecule has 2 unspecified atom stereocenters. The van der Waals surface area contributed by atoms with Gasteiger partial charge in [-0.3, -0.25) is 9.98 Å². The van der Waals surface area contributed by atoms with Crippen LogP contribution in [0, 0.1) is 0 Å². The van der Waals surface area contributed by atoms with Crippen molar-refractivity contribution < 1.29 is 17.6 Å². The molecule has 3 aromatic rings. The average Bonchev–Trinajstić information content (AvgIpc) is 3.61. The first-order chi connectivity index (χ1) is 17.8. The van der Waals surface area contributed by atoms with Gasteiger partial charge in [-0.1, -0.05) is 30.8 Å². The van der Waals surface area contributed by atoms with Crippen LogP contribution in [0.5, 0.6) is 0 Å². The van der Waals surface area contributed by atoms with Crippen molar-refractivity contribution in [1.29, 1.82) is 0 Å². The summed E-state index contributed by atoms with van der Waals surface area (Å²) >= 11 is 0. The SMILES string of the molecule is C=C(C)S(=O)(=O)c1ccc(C2=NC(c3nnc(-c4ccc(CN[C@@H]5CCOC5)cc4)o3)C(N)N=C2)cc1. The predicted octanol–water partition coefficient (Wildman–Crippen LogP) is 2.82. The summed E-state index contributed by atoms with van der Waals surface area (Å²) in [5.41, 5.74) is 9.35. The minimum absolute atomic E-state index is 0.0838. The molecular formula is C26H28N6O4S. The molecule has 2 aliphatic rings. The number of nitrogens with one attached hydrogen (secondary N) is 1. The molecule has 2 aliphatic heterocycles. The van der Waals surface area contributed by atoms with Crippen LogP contribution >= 0.6 is 0 Å². The van der Waals surface area contributed by atoms with E-state index in [1.165, 1.54) is 19.1 Å². The summed E-state index contributed by atoms with van der Waals surface area (Å²) in [7, 11) is -3.55. The Morgan fingerprint density at radius 3 is 2.51 bits per heavy atom. The molecule has 11 heteroatoms. The van der Waals surface area contributed by atoms with E-state index in [4.69, 9.17) is 14.9 Å². The van der Waals surface area contributed by atoms with E-state index in [9.17, 15) is 8.42 Å². The molecule has 0 aliphatic carbocycles. The molecule has 2 aromatic carbocycles. The van der Waals surface area contributed by atoms with Crippen LogP contribution in [0.3, 0.4) is 0 Å². The topological polar surface area (TPSA) is 145 Å². The number of allylic oxidation sites excluding steroid dienone is 1. The highest BCUT2D eigenvalue weighted by Gasteiger charge is 2.28. The van der Waals surface area contributed by atoms with Gasteiger partial charge in [0, 0.05) is 41.4 Å². The summed E-state index contributed by atoms with van der Waals surface area (Å²) in [4.78, 5) is 9.26. The zero-order chi connectivity index (χ0) is 26.0. The zero-order valence-corrected chi connectivity index (χ0v) is 21.2. The van der Waals surface area contributed by atoms with Gasteiger partial charge in [-0.2, -0.15) is 0 Å². The number of nitrogens with two attached hydrogens (primary N) is 1. The molecule has 3 heterocycles. The Balaban J connectivity index is 1.30. The number of ether oxygens (including phenoxy) is 1. The smallest absolute Gasteiger partial charge is 0.247 e. The first-order valence-corrected chi connectivity index (χ1v) is 13.4. The van der Waals surface area contributed by atoms with Crippen LogP contribution < -0.4 is 11.1 Å². The summed E-state index contributed by atoms with van der Waals surface area (Å²) in [5, 5.41) is 11.9. The molecule has 0 spiro atoms. The highest BCUT2D eigenvalue weighted by Crippen LogP contribution is 2.28. The molecule has 1 saturated heterocycles. The Labute approximate surface area is 215 Å². The third kappa shape index (κ3) is 5.44. The first-order valence-electron chi connectivity index (χ1n) is 11.9. The van der Waals surface area contributed by atoms with Crippen LogP contribution in [0.1, 0.15) is 36.4 Å². The van der Waals surface area contributed by atoms with Crippen molar-refractivity contribution in [3.05, 3.63) is 77.0 Å². The zero-order valence-electron chi connectivity index (χ0n) is 20.4. The van der Waals surface area contributed by atoms with Gasteiger partial charge in [0.05, 0.1) is 17.2 Å². The maximum atomic E-state index is 12.3. The van der Waals surface area contributed by atoms with Crippen molar-refractivity contribution >= 4 is 21.8 Å². The second kappa shape index (κ2) is 10.5. The maximum absolute atomic E-state index is 12.3. The van der Waals surface area contributed by atoms with E-state index in [-0.39, 0.29) is 15.7 Å². The lowest BCUT2D eigenvalue weighted by atomic mass is 10.1. The summed E-state index contributed by atoms with van der Waals surface area (Å²) in [6, 6.07) is 14.0. The third-order valence-electron chi connectivity index (χ3n) is 6.31. The summed E-state index contributed by atoms with van der Waals surface area (Å²) in [6.45, 7) is 7.33. The Hall–Kier alpha value is -3.51. The van der Waals surface area contributed by atoms with E-state index in [2.05, 4.69) is 32.1 Å². The van der Waals surface area contributed by atoms with Crippen LogP contribution in [0.2, 0.25) is 0 Å². The highest BCUT2D eigenvalue weighted by molar-refractivity contribution is 7.95. The quantitative estimate of drug-likeness (QED) is 0.461. The number of hydrogen-bond donors (Lipinski definition) is 2. The standard InChI is InChI=1S/C26H28N6O4S/c1-16(2)37(33,34)21-9-7-18(8-10-21)22-14-29-24(27)23(30-22)26-32-31-25(36-26)19-5-3-17(4-6-19)13-28-20-11-12-35-15-20/h3-10,14,20,23-24,28H,1,11-13,15,27H2,2H3/t20-,23?,24?/m1/s1. The summed E-state index contributed by atoms with van der Waals surface area (Å²) in [6.07, 6.45) is 1.90. The van der Waals surface area contributed by atoms with Crippen LogP contribution in [-0.4, -0.2) is 56.0 Å². The molecule has 0 radical (unpaired) electrons. The number of hydrogen-bond acceptors (Lipinski definition) is 10. The van der Waals surface area contributed by atoms with Crippen LogP contribution in [0.25, 0.3) is 11.5 Å². The van der Waals surface area contributed by atoms with Gasteiger partial charge in [0.2, 0.25) is 21.6 Å². The van der Waals surface area contributed by atoms with Crippen molar-refractivity contribution in [3.63, 3.8) is 0 Å². The molecule has 10 nitrogen and oxygen atoms in total. The van der Waals surface area contributed by atoms with E-state index in [0.717, 1.165) is 37.3 Å². The molecule has 192 valence electrons. The van der Waals surface area contributed by atoms with Crippen molar-refractivity contribution in [3.8, 4) is 11.5 Å². The Morgan fingerprint density at radius 1 is 1.11 bits per heavy atom. The van der Waals surface area contributed by atoms with Crippen LogP contribution in [-0.2, 0) is 21.1 Å². The van der Waals surface area contributed by atoms with Gasteiger partial charge in [0.1, 0.15) is 6.17 Å². The fraction of sp³-hybridized carbons (Fsp3) is 0.308. The second-order valence-electron chi connectivity index (χ2n) is 9.04. The normalized spacial score (nSPS) is 21.7. The number of sulfone groups is 1. The molecule has 0 amide bonds. The maximum Gasteiger partial charge on any atom is 0.247 e. The number of benzene rings is 2. The summed E-state index contributed by atoms with van der Waals surface area (Å²) in [5.74, 6) is 0.622. The number of aliphatic imine (C=N–C) groups is 2. The molecule has 3 N–H and O–H groups in total. The van der Waals surface area contributed by atoms with Gasteiger partial charge in [-0.15, -0.1) is 10.2 Å². The lowest BCUT2D eigenvalue weighted by Gasteiger charge is -2.19. The van der Waals surface area contributed by atoms with E-state index < -0.39 is 22.0 Å². The van der Waals surface area contributed by atoms with Gasteiger partial charge < -0.3 is 20.2 Å². The van der Waals surface area contributed by atoms with Crippen molar-refractivity contribution in [1.82, 2.24) is 15.5 Å². The first kappa shape index (κ1) is 25.2. The van der Waals surface area contributed by atoms with Gasteiger partial charge in [0.15, 0.2) is 6.04 Å². The molecule has 0 bridgehead atoms. The van der Waals surface area contributed by atoms with Crippen molar-refractivity contribution in [2.75, 3.05) is 13.2 Å². The Bertz CT molecular complexity index is 1440. The van der Waals surface area contributed by atoms with Crippen molar-refractivity contribution in [2.45, 2.75) is 43.0 Å². The fourth-order valence-electron chi connectivity index (χ4n) is 4.05. The molecule has 0 saturated carbocycles. The van der Waals surface area contributed by atoms with E-state index in [1.807, 2.05) is 24.3 Å². The lowest BCUT2D eigenvalue weighted by Crippen LogP contribution is -2.30. The monoisotopic (exact) mass is 520 g/mol. The highest BCUT2D eigenvalue weighted by atomic mass is 32.2. The van der Waals surface area contributed by atoms with Crippen molar-refractivity contribution in [2.24, 2.45) is 15.7 Å². The van der Waals surface area contributed by atoms with Gasteiger partial charge in [-0.25, -0.2) is 8.42 Å². The van der Waals surface area contributed by atoms with E-state index >= 15 is 0 Å². The van der Waals surface area contributed by atoms with Gasteiger partial charge in [-0.05, 0) is 43.2 Å². The van der Waals surface area contributed by atoms with Gasteiger partial charge in [0.25, 0.3) is 0 Å². The van der Waals surface area contributed by atoms with E-state index in [0.29, 0.717) is 23.2 Å². The lowest BCUT2D eigenvalue weighted by molar-refractivity contribution is 0.190. The molecule has 3 atom stereocenters. The molecule has 37 heavy (non-hydrogen) atoms. The van der Waals surface area contributed by atoms with Crippen LogP contribution in [0.4, 0.5) is 0 Å². The number of aromatic nitrogens is 2. The molecule has 5 rings (SSSR count). The predicted molar refractivity (Wildman–Crippen MR) is 140 cm³/mol. The van der Waals surface area contributed by atoms with Crippen LogP contribution in [0.15, 0.2) is 79.3 Å². The average molecular weight is 521 g/mol. The van der Waals surface area contributed by atoms with Gasteiger partial charge >= 0.3 is 0 Å². The summed E-state index contributed by atoms with van der Waals surface area (Å²) < 4.78 is 36.0.